The van der Waals surface area contributed by atoms with E-state index in [-0.39, 0.29) is 0 Å². The smallest absolute Gasteiger partial charge is 0.374 e. The molecule has 0 saturated carbocycles. The zero-order valence-electron chi connectivity index (χ0n) is 15.1. The molecular weight excluding hydrogens is 342 g/mol. The van der Waals surface area contributed by atoms with Gasteiger partial charge in [0.25, 0.3) is 0 Å². The van der Waals surface area contributed by atoms with Crippen molar-refractivity contribution in [3.05, 3.63) is 35.9 Å². The average Bonchev–Trinajstić information content (AvgIpc) is 2.60. The fraction of sp³-hybridized carbons (Fsp3) is 0.529. The molecule has 0 heterocycles. The zero-order valence-corrected chi connectivity index (χ0v) is 16.1. The number of esters is 1. The number of ether oxygens (including phenoxy) is 1. The van der Waals surface area contributed by atoms with Crippen molar-refractivity contribution in [3.63, 3.8) is 0 Å². The van der Waals surface area contributed by atoms with Crippen molar-refractivity contribution in [1.82, 2.24) is 5.32 Å². The third kappa shape index (κ3) is 7.78. The lowest BCUT2D eigenvalue weighted by Gasteiger charge is -2.28. The molecule has 25 heavy (non-hydrogen) atoms. The van der Waals surface area contributed by atoms with Crippen molar-refractivity contribution in [1.29, 1.82) is 0 Å². The topological polar surface area (TPSA) is 83.1 Å². The average molecular weight is 369 g/mol. The first-order valence-electron chi connectivity index (χ1n) is 8.53. The van der Waals surface area contributed by atoms with Crippen molar-refractivity contribution in [2.45, 2.75) is 33.2 Å². The van der Waals surface area contributed by atoms with Gasteiger partial charge in [0.05, 0.1) is 5.56 Å². The molecule has 0 aliphatic rings. The Labute approximate surface area is 150 Å². The van der Waals surface area contributed by atoms with Gasteiger partial charge in [0.2, 0.25) is 0 Å². The predicted octanol–water partition coefficient (Wildman–Crippen LogP) is 2.99. The molecule has 0 aliphatic carbocycles. The largest absolute Gasteiger partial charge is 0.500 e. The predicted molar refractivity (Wildman–Crippen MR) is 95.3 cm³/mol. The van der Waals surface area contributed by atoms with Gasteiger partial charge in [-0.1, -0.05) is 18.2 Å². The van der Waals surface area contributed by atoms with Crippen LogP contribution in [0.25, 0.3) is 0 Å². The third-order valence-electron chi connectivity index (χ3n) is 3.22. The van der Waals surface area contributed by atoms with Crippen molar-refractivity contribution in [3.8, 4) is 0 Å². The van der Waals surface area contributed by atoms with E-state index in [4.69, 9.17) is 18.0 Å². The summed E-state index contributed by atoms with van der Waals surface area (Å²) in [5.74, 6) is -0.681. The molecule has 0 aromatic heterocycles. The Morgan fingerprint density at radius 2 is 1.52 bits per heavy atom. The summed E-state index contributed by atoms with van der Waals surface area (Å²) < 4.78 is 21.9. The maximum atomic E-state index is 11.8. The number of carbonyl (C=O) groups is 2. The molecule has 0 unspecified atom stereocenters. The molecule has 1 aromatic carbocycles. The van der Waals surface area contributed by atoms with Gasteiger partial charge < -0.3 is 23.3 Å². The molecule has 1 N–H and O–H groups in total. The number of amides is 1. The highest BCUT2D eigenvalue weighted by atomic mass is 28.4. The molecule has 8 heteroatoms. The van der Waals surface area contributed by atoms with E-state index in [1.807, 2.05) is 20.8 Å². The fourth-order valence-corrected chi connectivity index (χ4v) is 4.86. The van der Waals surface area contributed by atoms with Crippen LogP contribution in [-0.4, -0.2) is 47.2 Å². The van der Waals surface area contributed by atoms with Crippen LogP contribution < -0.4 is 5.32 Å². The van der Waals surface area contributed by atoms with Crippen LogP contribution in [0, 0.1) is 0 Å². The third-order valence-corrected chi connectivity index (χ3v) is 6.37. The first kappa shape index (κ1) is 21.3. The molecule has 1 amide bonds. The van der Waals surface area contributed by atoms with Crippen molar-refractivity contribution in [2.75, 3.05) is 26.4 Å². The SMILES string of the molecule is CCO[Si](CCCNC(=O)OC(=O)c1ccccc1)(OCC)OCC. The molecule has 0 atom stereocenters. The van der Waals surface area contributed by atoms with E-state index in [2.05, 4.69) is 5.32 Å². The second-order valence-corrected chi connectivity index (χ2v) is 7.79. The second-order valence-electron chi connectivity index (χ2n) is 5.06. The number of hydrogen-bond acceptors (Lipinski definition) is 6. The number of alkyl carbamates (subject to hydrolysis) is 1. The van der Waals surface area contributed by atoms with Gasteiger partial charge in [0, 0.05) is 32.4 Å². The zero-order chi connectivity index (χ0) is 18.5. The van der Waals surface area contributed by atoms with Gasteiger partial charge >= 0.3 is 20.9 Å². The van der Waals surface area contributed by atoms with Crippen LogP contribution in [0.1, 0.15) is 37.6 Å². The minimum absolute atomic E-state index is 0.327. The molecule has 1 rings (SSSR count). The van der Waals surface area contributed by atoms with E-state index >= 15 is 0 Å². The highest BCUT2D eigenvalue weighted by Crippen LogP contribution is 2.17. The Balaban J connectivity index is 2.39. The van der Waals surface area contributed by atoms with E-state index in [0.29, 0.717) is 44.4 Å². The molecule has 0 spiro atoms. The summed E-state index contributed by atoms with van der Waals surface area (Å²) in [7, 11) is -2.71. The maximum absolute atomic E-state index is 11.8. The lowest BCUT2D eigenvalue weighted by Crippen LogP contribution is -2.46. The summed E-state index contributed by atoms with van der Waals surface area (Å²) in [5.41, 5.74) is 0.327. The first-order chi connectivity index (χ1) is 12.1. The minimum Gasteiger partial charge on any atom is -0.374 e. The maximum Gasteiger partial charge on any atom is 0.500 e. The van der Waals surface area contributed by atoms with Crippen LogP contribution in [0.5, 0.6) is 0 Å². The molecular formula is C17H27NO6Si. The number of rotatable bonds is 11. The fourth-order valence-electron chi connectivity index (χ4n) is 2.25. The Hall–Kier alpha value is -1.74. The molecule has 7 nitrogen and oxygen atoms in total. The molecule has 0 saturated heterocycles. The Kier molecular flexibility index (Phi) is 10.0. The molecule has 0 fully saturated rings. The lowest BCUT2D eigenvalue weighted by atomic mass is 10.2. The first-order valence-corrected chi connectivity index (χ1v) is 10.5. The standard InChI is InChI=1S/C17H27NO6Si/c1-4-21-25(22-5-2,23-6-3)14-10-13-18-17(20)24-16(19)15-11-8-7-9-12-15/h7-9,11-12H,4-6,10,13-14H2,1-3H3,(H,18,20). The van der Waals surface area contributed by atoms with Crippen LogP contribution in [0.15, 0.2) is 30.3 Å². The molecule has 140 valence electrons. The quantitative estimate of drug-likeness (QED) is 0.279. The van der Waals surface area contributed by atoms with Gasteiger partial charge in [-0.3, -0.25) is 0 Å². The van der Waals surface area contributed by atoms with E-state index in [9.17, 15) is 9.59 Å². The lowest BCUT2D eigenvalue weighted by molar-refractivity contribution is 0.0615. The van der Waals surface area contributed by atoms with Gasteiger partial charge in [-0.25, -0.2) is 9.59 Å². The van der Waals surface area contributed by atoms with E-state index in [0.717, 1.165) is 0 Å². The van der Waals surface area contributed by atoms with Gasteiger partial charge in [0.1, 0.15) is 0 Å². The normalized spacial score (nSPS) is 11.2. The van der Waals surface area contributed by atoms with Crippen LogP contribution in [-0.2, 0) is 18.0 Å². The number of nitrogens with one attached hydrogen (secondary N) is 1. The number of benzene rings is 1. The van der Waals surface area contributed by atoms with Crippen molar-refractivity contribution in [2.24, 2.45) is 0 Å². The van der Waals surface area contributed by atoms with Crippen molar-refractivity contribution < 1.29 is 27.6 Å². The Bertz CT molecular complexity index is 508. The van der Waals surface area contributed by atoms with E-state index in [1.54, 1.807) is 30.3 Å². The van der Waals surface area contributed by atoms with Crippen molar-refractivity contribution >= 4 is 20.9 Å². The molecule has 0 bridgehead atoms. The van der Waals surface area contributed by atoms with Gasteiger partial charge in [-0.05, 0) is 39.3 Å². The van der Waals surface area contributed by atoms with Gasteiger partial charge in [0.15, 0.2) is 0 Å². The molecule has 0 radical (unpaired) electrons. The van der Waals surface area contributed by atoms with E-state index in [1.165, 1.54) is 0 Å². The summed E-state index contributed by atoms with van der Waals surface area (Å²) in [6.07, 6.45) is -0.175. The van der Waals surface area contributed by atoms with Crippen LogP contribution >= 0.6 is 0 Å². The number of carbonyl (C=O) groups excluding carboxylic acids is 2. The highest BCUT2D eigenvalue weighted by molar-refractivity contribution is 6.60. The van der Waals surface area contributed by atoms with Crippen LogP contribution in [0.3, 0.4) is 0 Å². The van der Waals surface area contributed by atoms with Crippen LogP contribution in [0.2, 0.25) is 6.04 Å². The van der Waals surface area contributed by atoms with Crippen LogP contribution in [0.4, 0.5) is 4.79 Å². The Morgan fingerprint density at radius 3 is 2.04 bits per heavy atom. The molecule has 0 aliphatic heterocycles. The summed E-state index contributed by atoms with van der Waals surface area (Å²) in [6.45, 7) is 7.54. The van der Waals surface area contributed by atoms with Gasteiger partial charge in [-0.15, -0.1) is 0 Å². The summed E-state index contributed by atoms with van der Waals surface area (Å²) in [4.78, 5) is 23.5. The second kappa shape index (κ2) is 11.7. The summed E-state index contributed by atoms with van der Waals surface area (Å²) in [6, 6.07) is 8.93. The number of hydrogen-bond donors (Lipinski definition) is 1. The highest BCUT2D eigenvalue weighted by Gasteiger charge is 2.39. The molecule has 1 aromatic rings. The van der Waals surface area contributed by atoms with Gasteiger partial charge in [-0.2, -0.15) is 0 Å². The Morgan fingerprint density at radius 1 is 0.960 bits per heavy atom. The summed E-state index contributed by atoms with van der Waals surface area (Å²) in [5, 5.41) is 2.56. The van der Waals surface area contributed by atoms with E-state index < -0.39 is 20.9 Å². The monoisotopic (exact) mass is 369 g/mol. The summed E-state index contributed by atoms with van der Waals surface area (Å²) >= 11 is 0. The minimum atomic E-state index is -2.71.